The van der Waals surface area contributed by atoms with Gasteiger partial charge in [-0.05, 0) is 61.1 Å². The van der Waals surface area contributed by atoms with E-state index in [2.05, 4.69) is 35.1 Å². The largest absolute Gasteiger partial charge is 0.507 e. The molecule has 2 aromatic heterocycles. The van der Waals surface area contributed by atoms with Crippen LogP contribution in [0.3, 0.4) is 0 Å². The van der Waals surface area contributed by atoms with Crippen LogP contribution in [0.5, 0.6) is 5.75 Å². The lowest BCUT2D eigenvalue weighted by atomic mass is 9.69. The van der Waals surface area contributed by atoms with Crippen LogP contribution in [0.15, 0.2) is 42.5 Å². The molecule has 0 amide bonds. The minimum atomic E-state index is 0.206. The minimum absolute atomic E-state index is 0.206. The van der Waals surface area contributed by atoms with Gasteiger partial charge in [0, 0.05) is 18.5 Å². The summed E-state index contributed by atoms with van der Waals surface area (Å²) in [4.78, 5) is 4.05. The standard InChI is InChI=1S/C22H24N4OS/c1-21-5-6-22(2,13-21)12-15(11-21)9-19-24-25-20(28-19)17-4-3-16(10-18(17)27)26-8-7-23-14-26/h3-4,7-10,14,27H,5-6,11-13H2,1-2H3/t21-,22+. The van der Waals surface area contributed by atoms with Crippen molar-refractivity contribution < 1.29 is 5.11 Å². The van der Waals surface area contributed by atoms with Gasteiger partial charge in [0.15, 0.2) is 5.01 Å². The summed E-state index contributed by atoms with van der Waals surface area (Å²) >= 11 is 1.54. The summed E-state index contributed by atoms with van der Waals surface area (Å²) < 4.78 is 1.86. The Balaban J connectivity index is 1.41. The van der Waals surface area contributed by atoms with Gasteiger partial charge in [-0.2, -0.15) is 0 Å². The van der Waals surface area contributed by atoms with Crippen LogP contribution in [0.4, 0.5) is 0 Å². The quantitative estimate of drug-likeness (QED) is 0.642. The van der Waals surface area contributed by atoms with Crippen molar-refractivity contribution >= 4 is 17.4 Å². The van der Waals surface area contributed by atoms with Gasteiger partial charge in [-0.3, -0.25) is 0 Å². The highest BCUT2D eigenvalue weighted by atomic mass is 32.1. The number of phenols is 1. The SMILES string of the molecule is C[C@]12CC[C@](C)(CC(=Cc3nnc(-c4ccc(-n5ccnc5)cc4O)s3)C1)C2. The van der Waals surface area contributed by atoms with E-state index in [0.717, 1.165) is 15.7 Å². The van der Waals surface area contributed by atoms with Crippen molar-refractivity contribution in [2.24, 2.45) is 10.8 Å². The number of hydrogen-bond donors (Lipinski definition) is 1. The lowest BCUT2D eigenvalue weighted by Crippen LogP contribution is -2.24. The molecule has 1 aromatic carbocycles. The number of hydrogen-bond acceptors (Lipinski definition) is 5. The minimum Gasteiger partial charge on any atom is -0.507 e. The Morgan fingerprint density at radius 3 is 2.61 bits per heavy atom. The highest BCUT2D eigenvalue weighted by Gasteiger charge is 2.47. The van der Waals surface area contributed by atoms with Gasteiger partial charge in [0.2, 0.25) is 0 Å². The summed E-state index contributed by atoms with van der Waals surface area (Å²) in [7, 11) is 0. The van der Waals surface area contributed by atoms with Crippen LogP contribution in [0.1, 0.15) is 51.0 Å². The Hall–Kier alpha value is -2.47. The molecule has 2 saturated carbocycles. The molecule has 2 bridgehead atoms. The van der Waals surface area contributed by atoms with E-state index in [-0.39, 0.29) is 5.75 Å². The lowest BCUT2D eigenvalue weighted by molar-refractivity contribution is 0.216. The van der Waals surface area contributed by atoms with Crippen molar-refractivity contribution in [1.29, 1.82) is 0 Å². The topological polar surface area (TPSA) is 63.8 Å². The van der Waals surface area contributed by atoms with Crippen LogP contribution in [0.25, 0.3) is 22.3 Å². The number of rotatable bonds is 3. The van der Waals surface area contributed by atoms with Crippen molar-refractivity contribution in [3.63, 3.8) is 0 Å². The molecule has 2 heterocycles. The fourth-order valence-corrected chi connectivity index (χ4v) is 6.09. The molecule has 0 aliphatic heterocycles. The van der Waals surface area contributed by atoms with Crippen molar-refractivity contribution in [2.75, 3.05) is 0 Å². The summed E-state index contributed by atoms with van der Waals surface area (Å²) in [6.45, 7) is 4.85. The molecule has 2 aliphatic carbocycles. The van der Waals surface area contributed by atoms with Gasteiger partial charge in [-0.1, -0.05) is 30.8 Å². The first-order valence-electron chi connectivity index (χ1n) is 9.76. The lowest BCUT2D eigenvalue weighted by Gasteiger charge is -2.36. The Kier molecular flexibility index (Phi) is 3.95. The number of aromatic nitrogens is 4. The second-order valence-corrected chi connectivity index (χ2v) is 10.1. The Morgan fingerprint density at radius 1 is 1.14 bits per heavy atom. The van der Waals surface area contributed by atoms with Gasteiger partial charge < -0.3 is 9.67 Å². The Bertz CT molecular complexity index is 1030. The van der Waals surface area contributed by atoms with Gasteiger partial charge in [0.05, 0.1) is 17.6 Å². The molecule has 0 saturated heterocycles. The number of fused-ring (bicyclic) bond motifs is 2. The molecule has 5 rings (SSSR count). The van der Waals surface area contributed by atoms with E-state index in [0.29, 0.717) is 16.4 Å². The number of allylic oxidation sites excluding steroid dienone is 1. The molecule has 2 fully saturated rings. The van der Waals surface area contributed by atoms with Gasteiger partial charge in [0.1, 0.15) is 10.8 Å². The molecule has 0 spiro atoms. The molecule has 2 atom stereocenters. The summed E-state index contributed by atoms with van der Waals surface area (Å²) in [5.41, 5.74) is 3.98. The monoisotopic (exact) mass is 392 g/mol. The first-order valence-corrected chi connectivity index (χ1v) is 10.6. The molecule has 2 aliphatic rings. The molecular weight excluding hydrogens is 368 g/mol. The number of phenolic OH excluding ortho intramolecular Hbond substituents is 1. The second-order valence-electron chi connectivity index (χ2n) is 9.07. The zero-order valence-electron chi connectivity index (χ0n) is 16.2. The number of nitrogens with zero attached hydrogens (tertiary/aromatic N) is 4. The predicted molar refractivity (Wildman–Crippen MR) is 111 cm³/mol. The number of imidazole rings is 1. The van der Waals surface area contributed by atoms with E-state index in [1.165, 1.54) is 37.7 Å². The van der Waals surface area contributed by atoms with Crippen LogP contribution in [-0.4, -0.2) is 24.9 Å². The predicted octanol–water partition coefficient (Wildman–Crippen LogP) is 5.47. The smallest absolute Gasteiger partial charge is 0.151 e. The van der Waals surface area contributed by atoms with Gasteiger partial charge >= 0.3 is 0 Å². The van der Waals surface area contributed by atoms with Crippen molar-refractivity contribution in [3.05, 3.63) is 47.5 Å². The van der Waals surface area contributed by atoms with Crippen molar-refractivity contribution in [1.82, 2.24) is 19.7 Å². The highest BCUT2D eigenvalue weighted by molar-refractivity contribution is 7.15. The zero-order valence-corrected chi connectivity index (χ0v) is 17.0. The Morgan fingerprint density at radius 2 is 1.93 bits per heavy atom. The van der Waals surface area contributed by atoms with Crippen molar-refractivity contribution in [3.8, 4) is 22.0 Å². The molecule has 28 heavy (non-hydrogen) atoms. The number of aromatic hydroxyl groups is 1. The fraction of sp³-hybridized carbons (Fsp3) is 0.409. The van der Waals surface area contributed by atoms with Crippen LogP contribution >= 0.6 is 11.3 Å². The normalized spacial score (nSPS) is 28.1. The van der Waals surface area contributed by atoms with E-state index in [1.54, 1.807) is 29.9 Å². The maximum Gasteiger partial charge on any atom is 0.151 e. The maximum atomic E-state index is 10.5. The van der Waals surface area contributed by atoms with E-state index >= 15 is 0 Å². The van der Waals surface area contributed by atoms with Gasteiger partial charge in [-0.25, -0.2) is 4.98 Å². The molecule has 1 N–H and O–H groups in total. The molecule has 5 nitrogen and oxygen atoms in total. The first kappa shape index (κ1) is 17.6. The van der Waals surface area contributed by atoms with Crippen molar-refractivity contribution in [2.45, 2.75) is 46.0 Å². The molecule has 6 heteroatoms. The third-order valence-electron chi connectivity index (χ3n) is 6.28. The second kappa shape index (κ2) is 6.27. The van der Waals surface area contributed by atoms with Gasteiger partial charge in [-0.15, -0.1) is 10.2 Å². The van der Waals surface area contributed by atoms with Crippen LogP contribution in [-0.2, 0) is 0 Å². The maximum absolute atomic E-state index is 10.5. The highest BCUT2D eigenvalue weighted by Crippen LogP contribution is 2.59. The number of benzene rings is 1. The average molecular weight is 393 g/mol. The summed E-state index contributed by atoms with van der Waals surface area (Å²) in [5.74, 6) is 0.206. The summed E-state index contributed by atoms with van der Waals surface area (Å²) in [6, 6.07) is 5.58. The first-order chi connectivity index (χ1) is 13.4. The molecule has 0 radical (unpaired) electrons. The molecule has 144 valence electrons. The van der Waals surface area contributed by atoms with Crippen LogP contribution < -0.4 is 0 Å². The van der Waals surface area contributed by atoms with Crippen LogP contribution in [0, 0.1) is 10.8 Å². The zero-order chi connectivity index (χ0) is 19.4. The summed E-state index contributed by atoms with van der Waals surface area (Å²) in [5, 5.41) is 20.9. The Labute approximate surface area is 168 Å². The van der Waals surface area contributed by atoms with E-state index < -0.39 is 0 Å². The molecule has 0 unspecified atom stereocenters. The fourth-order valence-electron chi connectivity index (χ4n) is 5.22. The average Bonchev–Trinajstić information content (AvgIpc) is 3.35. The molecular formula is C22H24N4OS. The van der Waals surface area contributed by atoms with E-state index in [4.69, 9.17) is 0 Å². The third-order valence-corrected chi connectivity index (χ3v) is 7.18. The third kappa shape index (κ3) is 3.15. The van der Waals surface area contributed by atoms with E-state index in [9.17, 15) is 5.11 Å². The summed E-state index contributed by atoms with van der Waals surface area (Å²) in [6.07, 6.45) is 13.9. The van der Waals surface area contributed by atoms with Gasteiger partial charge in [0.25, 0.3) is 0 Å². The van der Waals surface area contributed by atoms with Crippen LogP contribution in [0.2, 0.25) is 0 Å². The van der Waals surface area contributed by atoms with E-state index in [1.807, 2.05) is 22.9 Å². The molecule has 3 aromatic rings.